The van der Waals surface area contributed by atoms with Crippen LogP contribution < -0.4 is 0 Å². The second-order valence-corrected chi connectivity index (χ2v) is 9.89. The van der Waals surface area contributed by atoms with Crippen LogP contribution in [-0.4, -0.2) is 12.1 Å². The van der Waals surface area contributed by atoms with Crippen molar-refractivity contribution in [1.29, 1.82) is 0 Å². The van der Waals surface area contributed by atoms with E-state index in [-0.39, 0.29) is 0 Å². The summed E-state index contributed by atoms with van der Waals surface area (Å²) in [5.74, 6) is 0. The number of hydrogen-bond acceptors (Lipinski definition) is 0. The zero-order valence-corrected chi connectivity index (χ0v) is 10.7. The third-order valence-electron chi connectivity index (χ3n) is 2.02. The minimum atomic E-state index is -1.14. The monoisotopic (exact) mass is 292 g/mol. The van der Waals surface area contributed by atoms with E-state index in [0.717, 1.165) is 0 Å². The van der Waals surface area contributed by atoms with Crippen LogP contribution in [0.2, 0.25) is 18.1 Å². The Balaban J connectivity index is 4.35. The summed E-state index contributed by atoms with van der Waals surface area (Å²) < 4.78 is 1.27. The third-order valence-corrected chi connectivity index (χ3v) is 10.9. The predicted octanol–water partition coefficient (Wildman–Crippen LogP) is 3.97. The summed E-state index contributed by atoms with van der Waals surface area (Å²) in [6.45, 7) is 11.5. The molecule has 0 aromatic carbocycles. The largest absolute Gasteiger partial charge is 0.103 e. The first-order valence-electron chi connectivity index (χ1n) is 4.13. The maximum atomic E-state index is 3.82. The lowest BCUT2D eigenvalue weighted by Gasteiger charge is -2.25. The van der Waals surface area contributed by atoms with Gasteiger partial charge in [0, 0.05) is 0 Å². The molecule has 0 aliphatic heterocycles. The maximum Gasteiger partial charge on any atom is 0.0749 e. The quantitative estimate of drug-likeness (QED) is 0.288. The van der Waals surface area contributed by atoms with Crippen LogP contribution in [0.4, 0.5) is 0 Å². The van der Waals surface area contributed by atoms with Crippen molar-refractivity contribution in [2.75, 3.05) is 4.05 Å². The summed E-state index contributed by atoms with van der Waals surface area (Å²) in [6.07, 6.45) is 6.16. The molecule has 0 fully saturated rings. The topological polar surface area (TPSA) is 0 Å². The lowest BCUT2D eigenvalue weighted by molar-refractivity contribution is 1.35. The highest BCUT2D eigenvalue weighted by molar-refractivity contribution is 14.1. The van der Waals surface area contributed by atoms with E-state index in [1.165, 1.54) is 22.2 Å². The molecule has 0 aliphatic rings. The minimum absolute atomic E-state index is 1.14. The summed E-state index contributed by atoms with van der Waals surface area (Å²) in [5.41, 5.74) is 0. The SMILES string of the molecule is C=CC[Si](CI)(CC=C)CC=C. The van der Waals surface area contributed by atoms with Crippen LogP contribution in [-0.2, 0) is 0 Å². The molecule has 0 bridgehead atoms. The van der Waals surface area contributed by atoms with Gasteiger partial charge in [0.05, 0.1) is 8.07 Å². The van der Waals surface area contributed by atoms with Crippen LogP contribution in [0, 0.1) is 0 Å². The van der Waals surface area contributed by atoms with E-state index in [0.29, 0.717) is 0 Å². The summed E-state index contributed by atoms with van der Waals surface area (Å²) in [4.78, 5) is 0. The second-order valence-electron chi connectivity index (χ2n) is 3.11. The lowest BCUT2D eigenvalue weighted by Crippen LogP contribution is -2.34. The average Bonchev–Trinajstić information content (AvgIpc) is 2.06. The molecule has 0 saturated carbocycles. The van der Waals surface area contributed by atoms with E-state index >= 15 is 0 Å². The van der Waals surface area contributed by atoms with Crippen molar-refractivity contribution < 1.29 is 0 Å². The van der Waals surface area contributed by atoms with Crippen molar-refractivity contribution in [3.05, 3.63) is 38.0 Å². The predicted molar refractivity (Wildman–Crippen MR) is 69.7 cm³/mol. The van der Waals surface area contributed by atoms with Gasteiger partial charge in [-0.05, 0) is 22.2 Å². The van der Waals surface area contributed by atoms with E-state index in [2.05, 4.69) is 60.6 Å². The Morgan fingerprint density at radius 3 is 1.42 bits per heavy atom. The molecule has 0 atom stereocenters. The van der Waals surface area contributed by atoms with Gasteiger partial charge < -0.3 is 0 Å². The molecular weight excluding hydrogens is 275 g/mol. The van der Waals surface area contributed by atoms with E-state index in [9.17, 15) is 0 Å². The fourth-order valence-electron chi connectivity index (χ4n) is 1.33. The van der Waals surface area contributed by atoms with E-state index in [1.54, 1.807) is 0 Å². The Labute approximate surface area is 90.6 Å². The number of rotatable bonds is 7. The molecule has 12 heavy (non-hydrogen) atoms. The van der Waals surface area contributed by atoms with E-state index in [1.807, 2.05) is 0 Å². The molecule has 0 N–H and O–H groups in total. The maximum absolute atomic E-state index is 3.82. The van der Waals surface area contributed by atoms with Crippen LogP contribution in [0.1, 0.15) is 0 Å². The first kappa shape index (κ1) is 12.2. The second kappa shape index (κ2) is 6.66. The van der Waals surface area contributed by atoms with Gasteiger partial charge in [0.25, 0.3) is 0 Å². The van der Waals surface area contributed by atoms with Crippen molar-refractivity contribution in [3.63, 3.8) is 0 Å². The molecule has 0 unspecified atom stereocenters. The van der Waals surface area contributed by atoms with Crippen molar-refractivity contribution in [2.24, 2.45) is 0 Å². The van der Waals surface area contributed by atoms with Gasteiger partial charge in [-0.1, -0.05) is 40.8 Å². The minimum Gasteiger partial charge on any atom is -0.103 e. The molecule has 0 aliphatic carbocycles. The van der Waals surface area contributed by atoms with Gasteiger partial charge in [-0.3, -0.25) is 0 Å². The molecular formula is C10H17ISi. The van der Waals surface area contributed by atoms with Crippen LogP contribution in [0.15, 0.2) is 38.0 Å². The Hall–Kier alpha value is 0.167. The van der Waals surface area contributed by atoms with Gasteiger partial charge in [-0.15, -0.1) is 19.7 Å². The Kier molecular flexibility index (Phi) is 6.75. The number of alkyl halides is 1. The number of hydrogen-bond donors (Lipinski definition) is 0. The molecule has 0 aromatic rings. The third kappa shape index (κ3) is 3.71. The molecule has 0 saturated heterocycles. The first-order valence-corrected chi connectivity index (χ1v) is 8.48. The fourth-order valence-corrected chi connectivity index (χ4v) is 6.80. The van der Waals surface area contributed by atoms with Gasteiger partial charge >= 0.3 is 0 Å². The summed E-state index contributed by atoms with van der Waals surface area (Å²) in [5, 5.41) is 0. The molecule has 0 radical (unpaired) electrons. The summed E-state index contributed by atoms with van der Waals surface area (Å²) >= 11 is 2.49. The molecule has 0 rings (SSSR count). The van der Waals surface area contributed by atoms with Crippen LogP contribution >= 0.6 is 22.6 Å². The zero-order chi connectivity index (χ0) is 9.45. The van der Waals surface area contributed by atoms with Gasteiger partial charge in [0.2, 0.25) is 0 Å². The Morgan fingerprint density at radius 2 is 1.25 bits per heavy atom. The normalized spacial score (nSPS) is 10.8. The molecule has 68 valence electrons. The molecule has 0 heterocycles. The molecule has 2 heteroatoms. The summed E-state index contributed by atoms with van der Waals surface area (Å²) in [7, 11) is -1.14. The van der Waals surface area contributed by atoms with Crippen molar-refractivity contribution >= 4 is 30.7 Å². The van der Waals surface area contributed by atoms with E-state index in [4.69, 9.17) is 0 Å². The van der Waals surface area contributed by atoms with E-state index < -0.39 is 8.07 Å². The Morgan fingerprint density at radius 1 is 0.917 bits per heavy atom. The Bertz CT molecular complexity index is 137. The lowest BCUT2D eigenvalue weighted by atomic mass is 10.7. The van der Waals surface area contributed by atoms with Gasteiger partial charge in [-0.2, -0.15) is 0 Å². The molecule has 0 spiro atoms. The van der Waals surface area contributed by atoms with Crippen LogP contribution in [0.3, 0.4) is 0 Å². The van der Waals surface area contributed by atoms with Crippen LogP contribution in [0.5, 0.6) is 0 Å². The first-order chi connectivity index (χ1) is 5.74. The standard InChI is InChI=1S/C10H17ISi/c1-4-7-12(10-11,8-5-2)9-6-3/h4-6H,1-3,7-10H2. The smallest absolute Gasteiger partial charge is 0.0749 e. The zero-order valence-electron chi connectivity index (χ0n) is 7.56. The van der Waals surface area contributed by atoms with Gasteiger partial charge in [-0.25, -0.2) is 0 Å². The highest BCUT2D eigenvalue weighted by Gasteiger charge is 2.26. The van der Waals surface area contributed by atoms with Crippen molar-refractivity contribution in [2.45, 2.75) is 18.1 Å². The van der Waals surface area contributed by atoms with Crippen molar-refractivity contribution in [1.82, 2.24) is 0 Å². The highest BCUT2D eigenvalue weighted by atomic mass is 127. The van der Waals surface area contributed by atoms with Gasteiger partial charge in [0.15, 0.2) is 0 Å². The molecule has 0 amide bonds. The van der Waals surface area contributed by atoms with Crippen LogP contribution in [0.25, 0.3) is 0 Å². The van der Waals surface area contributed by atoms with Crippen molar-refractivity contribution in [3.8, 4) is 0 Å². The highest BCUT2D eigenvalue weighted by Crippen LogP contribution is 2.24. The summed E-state index contributed by atoms with van der Waals surface area (Å²) in [6, 6.07) is 3.57. The average molecular weight is 292 g/mol. The molecule has 0 aromatic heterocycles. The van der Waals surface area contributed by atoms with Gasteiger partial charge in [0.1, 0.15) is 0 Å². The fraction of sp³-hybridized carbons (Fsp3) is 0.400. The number of halogens is 1. The molecule has 0 nitrogen and oxygen atoms in total. The number of allylic oxidation sites excluding steroid dienone is 3.